The van der Waals surface area contributed by atoms with E-state index in [1.165, 1.54) is 12.1 Å². The van der Waals surface area contributed by atoms with Crippen LogP contribution < -0.4 is 10.5 Å². The van der Waals surface area contributed by atoms with Gasteiger partial charge in [0.05, 0.1) is 10.7 Å². The van der Waals surface area contributed by atoms with E-state index in [2.05, 4.69) is 20.9 Å². The fourth-order valence-corrected chi connectivity index (χ4v) is 2.01. The van der Waals surface area contributed by atoms with Crippen molar-refractivity contribution in [1.82, 2.24) is 4.98 Å². The molecular weight excluding hydrogens is 311 g/mol. The van der Waals surface area contributed by atoms with Crippen molar-refractivity contribution in [3.05, 3.63) is 52.5 Å². The van der Waals surface area contributed by atoms with E-state index in [-0.39, 0.29) is 11.9 Å². The number of benzene rings is 1. The predicted octanol–water partition coefficient (Wildman–Crippen LogP) is 3.67. The van der Waals surface area contributed by atoms with Crippen LogP contribution in [-0.2, 0) is 6.42 Å². The lowest BCUT2D eigenvalue weighted by atomic mass is 10.1. The van der Waals surface area contributed by atoms with Crippen molar-refractivity contribution in [2.75, 3.05) is 0 Å². The third kappa shape index (κ3) is 4.01. The molecule has 0 bridgehead atoms. The van der Waals surface area contributed by atoms with Gasteiger partial charge in [-0.15, -0.1) is 0 Å². The number of halogens is 2. The fourth-order valence-electron chi connectivity index (χ4n) is 1.69. The zero-order valence-electron chi connectivity index (χ0n) is 10.4. The van der Waals surface area contributed by atoms with Gasteiger partial charge in [-0.1, -0.05) is 0 Å². The fraction of sp³-hybridized carbons (Fsp3) is 0.214. The van der Waals surface area contributed by atoms with Gasteiger partial charge < -0.3 is 10.5 Å². The molecule has 19 heavy (non-hydrogen) atoms. The standard InChI is InChI=1S/C14H14BrFN2O/c1-9(17)4-10-5-12(8-18-7-10)19-14-6-11(16)2-3-13(14)15/h2-3,5-9H,4,17H2,1H3. The van der Waals surface area contributed by atoms with Gasteiger partial charge in [0.1, 0.15) is 17.3 Å². The summed E-state index contributed by atoms with van der Waals surface area (Å²) in [6.07, 6.45) is 4.05. The molecule has 1 unspecified atom stereocenters. The Balaban J connectivity index is 2.21. The summed E-state index contributed by atoms with van der Waals surface area (Å²) in [6.45, 7) is 1.93. The van der Waals surface area contributed by atoms with Crippen molar-refractivity contribution in [3.8, 4) is 11.5 Å². The van der Waals surface area contributed by atoms with E-state index in [0.29, 0.717) is 22.4 Å². The number of ether oxygens (including phenoxy) is 1. The molecule has 1 aromatic heterocycles. The average Bonchev–Trinajstić information content (AvgIpc) is 2.33. The van der Waals surface area contributed by atoms with Crippen molar-refractivity contribution in [1.29, 1.82) is 0 Å². The molecule has 3 nitrogen and oxygen atoms in total. The summed E-state index contributed by atoms with van der Waals surface area (Å²) in [4.78, 5) is 4.10. The predicted molar refractivity (Wildman–Crippen MR) is 75.8 cm³/mol. The first-order valence-electron chi connectivity index (χ1n) is 5.87. The Hall–Kier alpha value is -1.46. The van der Waals surface area contributed by atoms with Crippen molar-refractivity contribution in [3.63, 3.8) is 0 Å². The summed E-state index contributed by atoms with van der Waals surface area (Å²) in [5.74, 6) is 0.627. The average molecular weight is 325 g/mol. The number of aromatic nitrogens is 1. The highest BCUT2D eigenvalue weighted by Gasteiger charge is 2.06. The molecule has 0 spiro atoms. The lowest BCUT2D eigenvalue weighted by Crippen LogP contribution is -2.17. The number of rotatable bonds is 4. The highest BCUT2D eigenvalue weighted by Crippen LogP contribution is 2.30. The van der Waals surface area contributed by atoms with Crippen LogP contribution in [0.25, 0.3) is 0 Å². The Morgan fingerprint density at radius 2 is 2.16 bits per heavy atom. The summed E-state index contributed by atoms with van der Waals surface area (Å²) >= 11 is 3.31. The molecule has 2 rings (SSSR count). The van der Waals surface area contributed by atoms with E-state index >= 15 is 0 Å². The highest BCUT2D eigenvalue weighted by molar-refractivity contribution is 9.10. The van der Waals surface area contributed by atoms with Gasteiger partial charge in [-0.25, -0.2) is 4.39 Å². The molecule has 0 aliphatic carbocycles. The molecule has 0 aliphatic heterocycles. The van der Waals surface area contributed by atoms with E-state index in [9.17, 15) is 4.39 Å². The van der Waals surface area contributed by atoms with Gasteiger partial charge in [-0.3, -0.25) is 4.98 Å². The molecule has 1 aromatic carbocycles. The summed E-state index contributed by atoms with van der Waals surface area (Å²) < 4.78 is 19.5. The molecule has 1 atom stereocenters. The van der Waals surface area contributed by atoms with Crippen LogP contribution in [0.4, 0.5) is 4.39 Å². The third-order valence-electron chi connectivity index (χ3n) is 2.45. The first-order valence-corrected chi connectivity index (χ1v) is 6.66. The second kappa shape index (κ2) is 6.12. The number of pyridine rings is 1. The second-order valence-electron chi connectivity index (χ2n) is 4.39. The van der Waals surface area contributed by atoms with E-state index < -0.39 is 0 Å². The van der Waals surface area contributed by atoms with Crippen LogP contribution in [0.5, 0.6) is 11.5 Å². The maximum absolute atomic E-state index is 13.2. The number of nitrogens with two attached hydrogens (primary N) is 1. The zero-order chi connectivity index (χ0) is 13.8. The van der Waals surface area contributed by atoms with Crippen LogP contribution in [0, 0.1) is 5.82 Å². The first kappa shape index (κ1) is 14.0. The van der Waals surface area contributed by atoms with Crippen LogP contribution in [0.15, 0.2) is 41.1 Å². The summed E-state index contributed by atoms with van der Waals surface area (Å²) in [7, 11) is 0. The van der Waals surface area contributed by atoms with E-state index in [4.69, 9.17) is 10.5 Å². The van der Waals surface area contributed by atoms with Crippen molar-refractivity contribution < 1.29 is 9.13 Å². The van der Waals surface area contributed by atoms with Gasteiger partial charge in [0.15, 0.2) is 0 Å². The Morgan fingerprint density at radius 1 is 1.37 bits per heavy atom. The molecule has 2 aromatic rings. The minimum Gasteiger partial charge on any atom is -0.454 e. The van der Waals surface area contributed by atoms with Crippen LogP contribution in [0.3, 0.4) is 0 Å². The smallest absolute Gasteiger partial charge is 0.146 e. The maximum atomic E-state index is 13.2. The summed E-state index contributed by atoms with van der Waals surface area (Å²) in [5.41, 5.74) is 6.73. The van der Waals surface area contributed by atoms with Crippen LogP contribution >= 0.6 is 15.9 Å². The Labute approximate surface area is 119 Å². The van der Waals surface area contributed by atoms with E-state index in [0.717, 1.165) is 5.56 Å². The van der Waals surface area contributed by atoms with Crippen molar-refractivity contribution in [2.45, 2.75) is 19.4 Å². The van der Waals surface area contributed by atoms with Crippen molar-refractivity contribution in [2.24, 2.45) is 5.73 Å². The Kier molecular flexibility index (Phi) is 4.50. The normalized spacial score (nSPS) is 12.2. The molecule has 0 saturated heterocycles. The molecule has 0 aliphatic rings. The molecule has 5 heteroatoms. The third-order valence-corrected chi connectivity index (χ3v) is 3.10. The molecule has 0 saturated carbocycles. The minimum atomic E-state index is -0.349. The van der Waals surface area contributed by atoms with Gasteiger partial charge in [-0.2, -0.15) is 0 Å². The van der Waals surface area contributed by atoms with Crippen LogP contribution in [0.1, 0.15) is 12.5 Å². The highest BCUT2D eigenvalue weighted by atomic mass is 79.9. The van der Waals surface area contributed by atoms with Crippen molar-refractivity contribution >= 4 is 15.9 Å². The second-order valence-corrected chi connectivity index (χ2v) is 5.24. The van der Waals surface area contributed by atoms with Gasteiger partial charge in [0.2, 0.25) is 0 Å². The molecule has 0 amide bonds. The lowest BCUT2D eigenvalue weighted by molar-refractivity contribution is 0.470. The Morgan fingerprint density at radius 3 is 2.89 bits per heavy atom. The maximum Gasteiger partial charge on any atom is 0.146 e. The number of hydrogen-bond donors (Lipinski definition) is 1. The largest absolute Gasteiger partial charge is 0.454 e. The lowest BCUT2D eigenvalue weighted by Gasteiger charge is -2.10. The molecule has 0 radical (unpaired) electrons. The summed E-state index contributed by atoms with van der Waals surface area (Å²) in [6, 6.07) is 6.19. The van der Waals surface area contributed by atoms with Gasteiger partial charge >= 0.3 is 0 Å². The zero-order valence-corrected chi connectivity index (χ0v) is 12.0. The molecule has 100 valence electrons. The van der Waals surface area contributed by atoms with E-state index in [1.807, 2.05) is 13.0 Å². The van der Waals surface area contributed by atoms with Gasteiger partial charge in [0.25, 0.3) is 0 Å². The molecule has 2 N–H and O–H groups in total. The van der Waals surface area contributed by atoms with Crippen LogP contribution in [0.2, 0.25) is 0 Å². The minimum absolute atomic E-state index is 0.0537. The van der Waals surface area contributed by atoms with Gasteiger partial charge in [-0.05, 0) is 53.0 Å². The molecular formula is C14H14BrFN2O. The van der Waals surface area contributed by atoms with Gasteiger partial charge in [0, 0.05) is 18.3 Å². The Bertz CT molecular complexity index is 575. The van der Waals surface area contributed by atoms with Crippen LogP contribution in [-0.4, -0.2) is 11.0 Å². The van der Waals surface area contributed by atoms with E-state index in [1.54, 1.807) is 18.5 Å². The monoisotopic (exact) mass is 324 g/mol. The quantitative estimate of drug-likeness (QED) is 0.933. The number of nitrogens with zero attached hydrogens (tertiary/aromatic N) is 1. The summed E-state index contributed by atoms with van der Waals surface area (Å²) in [5, 5.41) is 0. The topological polar surface area (TPSA) is 48.1 Å². The molecule has 1 heterocycles. The number of hydrogen-bond acceptors (Lipinski definition) is 3. The SMILES string of the molecule is CC(N)Cc1cncc(Oc2cc(F)ccc2Br)c1. The first-order chi connectivity index (χ1) is 9.04. The molecule has 0 fully saturated rings.